The van der Waals surface area contributed by atoms with Gasteiger partial charge in [0.05, 0.1) is 11.6 Å². The van der Waals surface area contributed by atoms with Gasteiger partial charge in [0, 0.05) is 42.4 Å². The summed E-state index contributed by atoms with van der Waals surface area (Å²) in [6.45, 7) is 5.91. The monoisotopic (exact) mass is 441 g/mol. The van der Waals surface area contributed by atoms with E-state index in [1.54, 1.807) is 17.8 Å². The molecule has 9 heteroatoms. The van der Waals surface area contributed by atoms with Crippen LogP contribution in [0.25, 0.3) is 10.9 Å². The lowest BCUT2D eigenvalue weighted by molar-refractivity contribution is -0.123. The molecule has 2 fully saturated rings. The number of carbonyl (C=O) groups is 2. The molecule has 2 aliphatic rings. The summed E-state index contributed by atoms with van der Waals surface area (Å²) in [5, 5.41) is 6.25. The van der Waals surface area contributed by atoms with Crippen LogP contribution in [-0.4, -0.2) is 39.7 Å². The van der Waals surface area contributed by atoms with E-state index in [0.717, 1.165) is 35.0 Å². The molecule has 3 amide bonds. The quantitative estimate of drug-likeness (QED) is 0.672. The molecule has 9 nitrogen and oxygen atoms in total. The van der Waals surface area contributed by atoms with E-state index in [9.17, 15) is 14.4 Å². The number of pyridine rings is 2. The minimum absolute atomic E-state index is 0.0124. The van der Waals surface area contributed by atoms with Crippen molar-refractivity contribution in [1.82, 2.24) is 25.7 Å². The molecule has 0 bridgehead atoms. The predicted molar refractivity (Wildman–Crippen MR) is 120 cm³/mol. The van der Waals surface area contributed by atoms with Crippen LogP contribution in [0.2, 0.25) is 0 Å². The SMILES string of the molecule is Cc1cc2c(cn1)cc(C1CC(NC(=O)NC(=O)C3CC(C)ON3)CCC1C)c(=O)n2C. The number of hydrogen-bond donors (Lipinski definition) is 3. The molecule has 0 aromatic carbocycles. The topological polar surface area (TPSA) is 114 Å². The van der Waals surface area contributed by atoms with E-state index in [0.29, 0.717) is 18.8 Å². The number of carbonyl (C=O) groups excluding carboxylic acids is 2. The first-order valence-electron chi connectivity index (χ1n) is 11.2. The molecule has 2 aromatic rings. The van der Waals surface area contributed by atoms with Crippen molar-refractivity contribution in [2.24, 2.45) is 13.0 Å². The van der Waals surface area contributed by atoms with Crippen LogP contribution in [0, 0.1) is 12.8 Å². The van der Waals surface area contributed by atoms with E-state index < -0.39 is 18.0 Å². The Morgan fingerprint density at radius 1 is 1.22 bits per heavy atom. The van der Waals surface area contributed by atoms with Crippen LogP contribution in [-0.2, 0) is 16.7 Å². The van der Waals surface area contributed by atoms with Gasteiger partial charge in [-0.25, -0.2) is 4.79 Å². The van der Waals surface area contributed by atoms with Gasteiger partial charge < -0.3 is 9.88 Å². The number of aryl methyl sites for hydroxylation is 2. The molecule has 4 rings (SSSR count). The van der Waals surface area contributed by atoms with Crippen LogP contribution in [0.1, 0.15) is 56.7 Å². The number of nitrogens with one attached hydrogen (secondary N) is 3. The minimum Gasteiger partial charge on any atom is -0.335 e. The van der Waals surface area contributed by atoms with E-state index in [1.807, 2.05) is 26.0 Å². The second-order valence-corrected chi connectivity index (χ2v) is 9.24. The molecule has 5 unspecified atom stereocenters. The third kappa shape index (κ3) is 4.54. The molecule has 0 radical (unpaired) electrons. The zero-order valence-corrected chi connectivity index (χ0v) is 19.0. The lowest BCUT2D eigenvalue weighted by Crippen LogP contribution is -2.50. The van der Waals surface area contributed by atoms with Gasteiger partial charge in [-0.15, -0.1) is 0 Å². The summed E-state index contributed by atoms with van der Waals surface area (Å²) < 4.78 is 1.69. The molecular weight excluding hydrogens is 410 g/mol. The van der Waals surface area contributed by atoms with Gasteiger partial charge >= 0.3 is 6.03 Å². The summed E-state index contributed by atoms with van der Waals surface area (Å²) in [6, 6.07) is 2.70. The van der Waals surface area contributed by atoms with Crippen molar-refractivity contribution in [2.45, 2.75) is 70.6 Å². The number of imide groups is 1. The number of rotatable bonds is 3. The first-order chi connectivity index (χ1) is 15.2. The van der Waals surface area contributed by atoms with E-state index in [4.69, 9.17) is 4.84 Å². The Balaban J connectivity index is 1.47. The van der Waals surface area contributed by atoms with Crippen molar-refractivity contribution >= 4 is 22.8 Å². The number of hydrogen-bond acceptors (Lipinski definition) is 6. The largest absolute Gasteiger partial charge is 0.335 e. The van der Waals surface area contributed by atoms with Crippen molar-refractivity contribution in [3.8, 4) is 0 Å². The van der Waals surface area contributed by atoms with Crippen molar-refractivity contribution in [3.63, 3.8) is 0 Å². The highest BCUT2D eigenvalue weighted by Gasteiger charge is 2.33. The average Bonchev–Trinajstić information content (AvgIpc) is 3.19. The van der Waals surface area contributed by atoms with Gasteiger partial charge in [-0.1, -0.05) is 6.92 Å². The lowest BCUT2D eigenvalue weighted by Gasteiger charge is -2.35. The van der Waals surface area contributed by atoms with Crippen LogP contribution in [0.4, 0.5) is 4.79 Å². The van der Waals surface area contributed by atoms with Gasteiger partial charge in [-0.3, -0.25) is 24.7 Å². The molecule has 2 aromatic heterocycles. The summed E-state index contributed by atoms with van der Waals surface area (Å²) >= 11 is 0. The van der Waals surface area contributed by atoms with Crippen molar-refractivity contribution in [3.05, 3.63) is 39.9 Å². The maximum Gasteiger partial charge on any atom is 0.321 e. The highest BCUT2D eigenvalue weighted by Crippen LogP contribution is 2.37. The summed E-state index contributed by atoms with van der Waals surface area (Å²) in [4.78, 5) is 47.4. The number of nitrogens with zero attached hydrogens (tertiary/aromatic N) is 2. The highest BCUT2D eigenvalue weighted by molar-refractivity contribution is 5.97. The molecule has 1 aliphatic heterocycles. The second kappa shape index (κ2) is 8.99. The maximum atomic E-state index is 13.2. The fourth-order valence-corrected chi connectivity index (χ4v) is 4.85. The van der Waals surface area contributed by atoms with Crippen LogP contribution in [0.15, 0.2) is 23.1 Å². The molecule has 32 heavy (non-hydrogen) atoms. The van der Waals surface area contributed by atoms with E-state index in [1.165, 1.54) is 0 Å². The van der Waals surface area contributed by atoms with E-state index in [2.05, 4.69) is 28.0 Å². The maximum absolute atomic E-state index is 13.2. The van der Waals surface area contributed by atoms with E-state index >= 15 is 0 Å². The number of urea groups is 1. The molecule has 1 aliphatic carbocycles. The van der Waals surface area contributed by atoms with Crippen molar-refractivity contribution in [1.29, 1.82) is 0 Å². The summed E-state index contributed by atoms with van der Waals surface area (Å²) in [5.41, 5.74) is 5.11. The van der Waals surface area contributed by atoms with Gasteiger partial charge in [0.25, 0.3) is 5.56 Å². The third-order valence-electron chi connectivity index (χ3n) is 6.74. The Morgan fingerprint density at radius 3 is 2.72 bits per heavy atom. The average molecular weight is 442 g/mol. The number of aromatic nitrogens is 2. The van der Waals surface area contributed by atoms with Crippen LogP contribution >= 0.6 is 0 Å². The minimum atomic E-state index is -0.534. The number of hydroxylamine groups is 1. The Labute approximate surface area is 186 Å². The molecule has 172 valence electrons. The molecule has 1 saturated carbocycles. The Kier molecular flexibility index (Phi) is 6.30. The number of amides is 3. The molecule has 0 spiro atoms. The smallest absolute Gasteiger partial charge is 0.321 e. The molecular formula is C23H31N5O4. The third-order valence-corrected chi connectivity index (χ3v) is 6.74. The normalized spacial score (nSPS) is 27.9. The fourth-order valence-electron chi connectivity index (χ4n) is 4.85. The molecule has 5 atom stereocenters. The summed E-state index contributed by atoms with van der Waals surface area (Å²) in [7, 11) is 1.79. The zero-order chi connectivity index (χ0) is 23.0. The first kappa shape index (κ1) is 22.4. The van der Waals surface area contributed by atoms with E-state index in [-0.39, 0.29) is 23.6 Å². The van der Waals surface area contributed by atoms with Gasteiger partial charge in [-0.2, -0.15) is 5.48 Å². The van der Waals surface area contributed by atoms with Crippen molar-refractivity contribution in [2.75, 3.05) is 0 Å². The predicted octanol–water partition coefficient (Wildman–Crippen LogP) is 2.02. The standard InChI is InChI=1S/C23H31N5O4/c1-12-5-6-16(25-23(31)26-21(29)19-8-14(3)32-27-19)10-17(12)18-9-15-11-24-13(2)7-20(15)28(4)22(18)30/h7,9,11-12,14,16-17,19,27H,5-6,8,10H2,1-4H3,(H2,25,26,29,31). The van der Waals surface area contributed by atoms with Crippen LogP contribution < -0.4 is 21.7 Å². The van der Waals surface area contributed by atoms with Crippen molar-refractivity contribution < 1.29 is 14.4 Å². The fraction of sp³-hybridized carbons (Fsp3) is 0.565. The Bertz CT molecular complexity index is 1100. The van der Waals surface area contributed by atoms with Gasteiger partial charge in [0.15, 0.2) is 0 Å². The highest BCUT2D eigenvalue weighted by atomic mass is 16.7. The van der Waals surface area contributed by atoms with Gasteiger partial charge in [-0.05, 0) is 57.1 Å². The van der Waals surface area contributed by atoms with Crippen LogP contribution in [0.3, 0.4) is 0 Å². The Hall–Kier alpha value is -2.78. The lowest BCUT2D eigenvalue weighted by atomic mass is 9.74. The number of fused-ring (bicyclic) bond motifs is 1. The van der Waals surface area contributed by atoms with Gasteiger partial charge in [0.2, 0.25) is 5.91 Å². The van der Waals surface area contributed by atoms with Crippen LogP contribution in [0.5, 0.6) is 0 Å². The Morgan fingerprint density at radius 2 is 2.00 bits per heavy atom. The zero-order valence-electron chi connectivity index (χ0n) is 19.0. The van der Waals surface area contributed by atoms with Gasteiger partial charge in [0.1, 0.15) is 6.04 Å². The molecule has 1 saturated heterocycles. The summed E-state index contributed by atoms with van der Waals surface area (Å²) in [5.74, 6) is -0.0821. The summed E-state index contributed by atoms with van der Waals surface area (Å²) in [6.07, 6.45) is 4.57. The first-order valence-corrected chi connectivity index (χ1v) is 11.2. The molecule has 3 N–H and O–H groups in total. The molecule has 3 heterocycles. The second-order valence-electron chi connectivity index (χ2n) is 9.24.